The number of ether oxygens (including phenoxy) is 1. The van der Waals surface area contributed by atoms with Crippen LogP contribution in [0.25, 0.3) is 0 Å². The molecule has 222 valence electrons. The molecule has 5 rings (SSSR count). The number of benzene rings is 3. The van der Waals surface area contributed by atoms with Gasteiger partial charge in [-0.15, -0.1) is 0 Å². The van der Waals surface area contributed by atoms with Gasteiger partial charge < -0.3 is 25.6 Å². The summed E-state index contributed by atoms with van der Waals surface area (Å²) >= 11 is 0. The van der Waals surface area contributed by atoms with Crippen molar-refractivity contribution in [3.05, 3.63) is 95.6 Å². The molecule has 2 heterocycles. The highest BCUT2D eigenvalue weighted by molar-refractivity contribution is 6.04. The second-order valence-electron chi connectivity index (χ2n) is 11.1. The molecule has 3 aromatic carbocycles. The van der Waals surface area contributed by atoms with Crippen molar-refractivity contribution < 1.29 is 14.3 Å². The van der Waals surface area contributed by atoms with Gasteiger partial charge in [-0.2, -0.15) is 0 Å². The zero-order valence-electron chi connectivity index (χ0n) is 24.6. The normalized spacial score (nSPS) is 16.3. The Hall–Kier alpha value is -3.88. The number of nitrogens with zero attached hydrogens (tertiary/aromatic N) is 2. The number of urea groups is 1. The lowest BCUT2D eigenvalue weighted by Gasteiger charge is -2.38. The number of anilines is 2. The molecule has 0 aromatic heterocycles. The second kappa shape index (κ2) is 14.8. The maximum Gasteiger partial charge on any atom is 0.319 e. The van der Waals surface area contributed by atoms with E-state index in [1.165, 1.54) is 11.1 Å². The topological polar surface area (TPSA) is 85.9 Å². The number of rotatable bonds is 10. The van der Waals surface area contributed by atoms with Crippen molar-refractivity contribution in [3.63, 3.8) is 0 Å². The van der Waals surface area contributed by atoms with Gasteiger partial charge in [0.25, 0.3) is 5.91 Å². The molecule has 8 heteroatoms. The predicted molar refractivity (Wildman–Crippen MR) is 168 cm³/mol. The average molecular weight is 570 g/mol. The fraction of sp³-hybridized carbons (Fsp3) is 0.412. The maximum atomic E-state index is 13.5. The van der Waals surface area contributed by atoms with E-state index < -0.39 is 0 Å². The van der Waals surface area contributed by atoms with Crippen LogP contribution in [0.3, 0.4) is 0 Å². The molecule has 0 radical (unpaired) electrons. The molecule has 0 atom stereocenters. The molecule has 3 aromatic rings. The van der Waals surface area contributed by atoms with E-state index in [4.69, 9.17) is 4.74 Å². The average Bonchev–Trinajstić information content (AvgIpc) is 3.05. The number of hydrogen-bond acceptors (Lipinski definition) is 5. The van der Waals surface area contributed by atoms with Gasteiger partial charge in [-0.05, 0) is 67.6 Å². The summed E-state index contributed by atoms with van der Waals surface area (Å²) in [6.45, 7) is 7.99. The van der Waals surface area contributed by atoms with E-state index in [1.54, 1.807) is 0 Å². The lowest BCUT2D eigenvalue weighted by Crippen LogP contribution is -2.41. The molecule has 8 nitrogen and oxygen atoms in total. The SMILES string of the molecule is CCCNC(=O)Nc1ccc(N2CCOCC2)cc1C(=O)NCC1CCN(C(c2ccccc2)c2ccccc2)CC1. The number of carbonyl (C=O) groups excluding carboxylic acids is 2. The quantitative estimate of drug-likeness (QED) is 0.309. The van der Waals surface area contributed by atoms with Crippen LogP contribution in [-0.2, 0) is 4.74 Å². The van der Waals surface area contributed by atoms with Gasteiger partial charge in [-0.3, -0.25) is 9.69 Å². The van der Waals surface area contributed by atoms with Gasteiger partial charge in [0.2, 0.25) is 0 Å². The summed E-state index contributed by atoms with van der Waals surface area (Å²) in [5.74, 6) is 0.230. The first-order valence-electron chi connectivity index (χ1n) is 15.3. The summed E-state index contributed by atoms with van der Waals surface area (Å²) in [5, 5.41) is 8.91. The molecule has 0 unspecified atom stereocenters. The van der Waals surface area contributed by atoms with Crippen LogP contribution in [0, 0.1) is 5.92 Å². The van der Waals surface area contributed by atoms with Crippen LogP contribution in [0.4, 0.5) is 16.2 Å². The van der Waals surface area contributed by atoms with Crippen LogP contribution in [0.1, 0.15) is 53.7 Å². The Bertz CT molecular complexity index is 1250. The molecule has 3 N–H and O–H groups in total. The van der Waals surface area contributed by atoms with E-state index in [0.717, 1.165) is 51.1 Å². The number of hydrogen-bond donors (Lipinski definition) is 3. The van der Waals surface area contributed by atoms with Gasteiger partial charge in [0, 0.05) is 31.9 Å². The van der Waals surface area contributed by atoms with Crippen molar-refractivity contribution in [2.45, 2.75) is 32.2 Å². The lowest BCUT2D eigenvalue weighted by atomic mass is 9.91. The minimum Gasteiger partial charge on any atom is -0.378 e. The maximum absolute atomic E-state index is 13.5. The summed E-state index contributed by atoms with van der Waals surface area (Å²) in [7, 11) is 0. The molecular formula is C34H43N5O3. The van der Waals surface area contributed by atoms with Gasteiger partial charge in [-0.1, -0.05) is 67.6 Å². The fourth-order valence-electron chi connectivity index (χ4n) is 5.88. The molecule has 42 heavy (non-hydrogen) atoms. The second-order valence-corrected chi connectivity index (χ2v) is 11.1. The van der Waals surface area contributed by atoms with Crippen LogP contribution < -0.4 is 20.9 Å². The number of amides is 3. The van der Waals surface area contributed by atoms with E-state index in [1.807, 2.05) is 25.1 Å². The van der Waals surface area contributed by atoms with Crippen LogP contribution >= 0.6 is 0 Å². The summed E-state index contributed by atoms with van der Waals surface area (Å²) < 4.78 is 5.50. The first-order chi connectivity index (χ1) is 20.6. The lowest BCUT2D eigenvalue weighted by molar-refractivity contribution is 0.0931. The van der Waals surface area contributed by atoms with E-state index in [-0.39, 0.29) is 18.0 Å². The molecule has 0 spiro atoms. The van der Waals surface area contributed by atoms with E-state index >= 15 is 0 Å². The molecule has 2 fully saturated rings. The molecule has 0 bridgehead atoms. The van der Waals surface area contributed by atoms with Gasteiger partial charge in [0.15, 0.2) is 0 Å². The van der Waals surface area contributed by atoms with Gasteiger partial charge in [0.05, 0.1) is 30.5 Å². The Morgan fingerprint density at radius 2 is 1.50 bits per heavy atom. The van der Waals surface area contributed by atoms with Crippen LogP contribution in [0.15, 0.2) is 78.9 Å². The third kappa shape index (κ3) is 7.69. The number of piperidine rings is 1. The minimum absolute atomic E-state index is 0.162. The molecule has 0 aliphatic carbocycles. The highest BCUT2D eigenvalue weighted by Gasteiger charge is 2.28. The Morgan fingerprint density at radius 3 is 2.12 bits per heavy atom. The molecule has 2 aliphatic rings. The Kier molecular flexibility index (Phi) is 10.5. The first kappa shape index (κ1) is 29.6. The fourth-order valence-corrected chi connectivity index (χ4v) is 5.88. The smallest absolute Gasteiger partial charge is 0.319 e. The van der Waals surface area contributed by atoms with Crippen LogP contribution in [0.5, 0.6) is 0 Å². The van der Waals surface area contributed by atoms with Crippen molar-refractivity contribution in [2.24, 2.45) is 5.92 Å². The van der Waals surface area contributed by atoms with Crippen LogP contribution in [0.2, 0.25) is 0 Å². The summed E-state index contributed by atoms with van der Waals surface area (Å²) in [6, 6.07) is 27.0. The van der Waals surface area contributed by atoms with Crippen molar-refractivity contribution in [1.82, 2.24) is 15.5 Å². The summed E-state index contributed by atoms with van der Waals surface area (Å²) in [5.41, 5.74) is 4.57. The van der Waals surface area contributed by atoms with E-state index in [0.29, 0.717) is 43.5 Å². The first-order valence-corrected chi connectivity index (χ1v) is 15.3. The van der Waals surface area contributed by atoms with Crippen molar-refractivity contribution in [3.8, 4) is 0 Å². The van der Waals surface area contributed by atoms with Crippen molar-refractivity contribution in [2.75, 3.05) is 62.7 Å². The molecule has 0 saturated carbocycles. The van der Waals surface area contributed by atoms with E-state index in [2.05, 4.69) is 86.4 Å². The Balaban J connectivity index is 1.23. The highest BCUT2D eigenvalue weighted by Crippen LogP contribution is 2.32. The standard InChI is InChI=1S/C34H43N5O3/c1-2-17-35-34(41)37-31-14-13-29(38-20-22-42-23-21-38)24-30(31)33(40)36-25-26-15-18-39(19-16-26)32(27-9-5-3-6-10-27)28-11-7-4-8-12-28/h3-14,24,26,32H,2,15-23,25H2,1H3,(H,36,40)(H2,35,37,41). The van der Waals surface area contributed by atoms with Crippen LogP contribution in [-0.4, -0.2) is 69.3 Å². The number of likely N-dealkylation sites (tertiary alicyclic amines) is 1. The number of morpholine rings is 1. The molecule has 3 amide bonds. The van der Waals surface area contributed by atoms with Gasteiger partial charge >= 0.3 is 6.03 Å². The number of carbonyl (C=O) groups is 2. The van der Waals surface area contributed by atoms with Gasteiger partial charge in [-0.25, -0.2) is 4.79 Å². The largest absolute Gasteiger partial charge is 0.378 e. The Labute approximate surface area is 249 Å². The highest BCUT2D eigenvalue weighted by atomic mass is 16.5. The van der Waals surface area contributed by atoms with E-state index in [9.17, 15) is 9.59 Å². The summed E-state index contributed by atoms with van der Waals surface area (Å²) in [6.07, 6.45) is 2.86. The minimum atomic E-state index is -0.302. The number of nitrogens with one attached hydrogen (secondary N) is 3. The summed E-state index contributed by atoms with van der Waals surface area (Å²) in [4.78, 5) is 30.8. The van der Waals surface area contributed by atoms with Crippen molar-refractivity contribution in [1.29, 1.82) is 0 Å². The Morgan fingerprint density at radius 1 is 0.857 bits per heavy atom. The van der Waals surface area contributed by atoms with Gasteiger partial charge in [0.1, 0.15) is 0 Å². The molecular weight excluding hydrogens is 526 g/mol. The zero-order valence-corrected chi connectivity index (χ0v) is 24.6. The zero-order chi connectivity index (χ0) is 29.1. The van der Waals surface area contributed by atoms with Crippen molar-refractivity contribution >= 4 is 23.3 Å². The molecule has 2 aliphatic heterocycles. The third-order valence-corrected chi connectivity index (χ3v) is 8.20. The molecule has 2 saturated heterocycles. The predicted octanol–water partition coefficient (Wildman–Crippen LogP) is 5.29. The third-order valence-electron chi connectivity index (χ3n) is 8.20. The monoisotopic (exact) mass is 569 g/mol.